The molecule has 10 heavy (non-hydrogen) atoms. The van der Waals surface area contributed by atoms with Crippen molar-refractivity contribution < 1.29 is 9.47 Å². The molecule has 0 aliphatic carbocycles. The molecule has 0 spiro atoms. The Morgan fingerprint density at radius 1 is 1.20 bits per heavy atom. The molecular weight excluding hydrogens is 243 g/mol. The maximum Gasteiger partial charge on any atom is 0.0704 e. The summed E-state index contributed by atoms with van der Waals surface area (Å²) in [5.74, 6) is 0. The third-order valence-corrected chi connectivity index (χ3v) is 1.27. The molecule has 0 N–H and O–H groups in total. The first kappa shape index (κ1) is 10.4. The molecule has 3 heteroatoms. The Bertz CT molecular complexity index is 76.0. The minimum atomic E-state index is 0.619. The van der Waals surface area contributed by atoms with E-state index >= 15 is 0 Å². The van der Waals surface area contributed by atoms with Gasteiger partial charge in [-0.25, -0.2) is 0 Å². The topological polar surface area (TPSA) is 18.5 Å². The molecule has 2 nitrogen and oxygen atoms in total. The standard InChI is InChI=1S/C7H13IO2/c1-2-4-9-6-7-10-5-3-8/h2H,1,3-7H2. The molecular formula is C7H13IO2. The maximum absolute atomic E-state index is 5.16. The van der Waals surface area contributed by atoms with Crippen LogP contribution in [-0.2, 0) is 9.47 Å². The van der Waals surface area contributed by atoms with Crippen LogP contribution in [0.15, 0.2) is 12.7 Å². The molecule has 0 heterocycles. The van der Waals surface area contributed by atoms with Gasteiger partial charge in [-0.1, -0.05) is 28.7 Å². The van der Waals surface area contributed by atoms with Gasteiger partial charge < -0.3 is 9.47 Å². The van der Waals surface area contributed by atoms with E-state index in [1.165, 1.54) is 0 Å². The number of ether oxygens (including phenoxy) is 2. The van der Waals surface area contributed by atoms with Gasteiger partial charge in [0.05, 0.1) is 26.4 Å². The Labute approximate surface area is 75.7 Å². The number of hydrogen-bond acceptors (Lipinski definition) is 2. The molecule has 0 aliphatic rings. The zero-order valence-corrected chi connectivity index (χ0v) is 8.17. The SMILES string of the molecule is C=CCOCCOCCI. The molecule has 0 aromatic rings. The summed E-state index contributed by atoms with van der Waals surface area (Å²) in [5.41, 5.74) is 0. The molecule has 0 saturated carbocycles. The fraction of sp³-hybridized carbons (Fsp3) is 0.714. The zero-order chi connectivity index (χ0) is 7.66. The van der Waals surface area contributed by atoms with Crippen LogP contribution in [-0.4, -0.2) is 30.9 Å². The smallest absolute Gasteiger partial charge is 0.0704 e. The van der Waals surface area contributed by atoms with E-state index in [2.05, 4.69) is 29.2 Å². The lowest BCUT2D eigenvalue weighted by Gasteiger charge is -2.00. The average Bonchev–Trinajstić information content (AvgIpc) is 1.97. The van der Waals surface area contributed by atoms with E-state index in [1.54, 1.807) is 6.08 Å². The Morgan fingerprint density at radius 3 is 2.50 bits per heavy atom. The van der Waals surface area contributed by atoms with E-state index in [1.807, 2.05) is 0 Å². The van der Waals surface area contributed by atoms with Gasteiger partial charge in [0.2, 0.25) is 0 Å². The number of rotatable bonds is 7. The van der Waals surface area contributed by atoms with Crippen LogP contribution in [0.1, 0.15) is 0 Å². The van der Waals surface area contributed by atoms with E-state index in [0.717, 1.165) is 11.0 Å². The summed E-state index contributed by atoms with van der Waals surface area (Å²) in [7, 11) is 0. The molecule has 0 unspecified atom stereocenters. The molecule has 0 aliphatic heterocycles. The molecule has 0 saturated heterocycles. The quantitative estimate of drug-likeness (QED) is 0.298. The Morgan fingerprint density at radius 2 is 1.90 bits per heavy atom. The first-order valence-corrected chi connectivity index (χ1v) is 4.76. The summed E-state index contributed by atoms with van der Waals surface area (Å²) >= 11 is 2.27. The molecule has 0 aromatic heterocycles. The lowest BCUT2D eigenvalue weighted by molar-refractivity contribution is 0.0662. The van der Waals surface area contributed by atoms with Gasteiger partial charge in [0.1, 0.15) is 0 Å². The second kappa shape index (κ2) is 9.39. The van der Waals surface area contributed by atoms with Gasteiger partial charge in [-0.3, -0.25) is 0 Å². The summed E-state index contributed by atoms with van der Waals surface area (Å²) in [6.45, 7) is 6.32. The van der Waals surface area contributed by atoms with Crippen molar-refractivity contribution in [1.29, 1.82) is 0 Å². The summed E-state index contributed by atoms with van der Waals surface area (Å²) in [6, 6.07) is 0. The van der Waals surface area contributed by atoms with Gasteiger partial charge in [-0.2, -0.15) is 0 Å². The second-order valence-corrected chi connectivity index (χ2v) is 2.74. The Balaban J connectivity index is 2.70. The van der Waals surface area contributed by atoms with Crippen LogP contribution in [0.2, 0.25) is 0 Å². The van der Waals surface area contributed by atoms with Crippen LogP contribution in [0.25, 0.3) is 0 Å². The molecule has 0 bridgehead atoms. The van der Waals surface area contributed by atoms with Gasteiger partial charge in [-0.15, -0.1) is 6.58 Å². The van der Waals surface area contributed by atoms with Crippen LogP contribution in [0.3, 0.4) is 0 Å². The van der Waals surface area contributed by atoms with Gasteiger partial charge in [0.15, 0.2) is 0 Å². The molecule has 0 aromatic carbocycles. The van der Waals surface area contributed by atoms with Crippen LogP contribution >= 0.6 is 22.6 Å². The third kappa shape index (κ3) is 8.39. The van der Waals surface area contributed by atoms with Crippen LogP contribution in [0.5, 0.6) is 0 Å². The van der Waals surface area contributed by atoms with E-state index in [-0.39, 0.29) is 0 Å². The van der Waals surface area contributed by atoms with Crippen LogP contribution in [0, 0.1) is 0 Å². The predicted molar refractivity (Wildman–Crippen MR) is 50.7 cm³/mol. The molecule has 0 atom stereocenters. The summed E-state index contributed by atoms with van der Waals surface area (Å²) in [6.07, 6.45) is 1.73. The minimum absolute atomic E-state index is 0.619. The highest BCUT2D eigenvalue weighted by molar-refractivity contribution is 14.1. The van der Waals surface area contributed by atoms with E-state index in [9.17, 15) is 0 Å². The Kier molecular flexibility index (Phi) is 9.76. The van der Waals surface area contributed by atoms with Crippen molar-refractivity contribution in [3.05, 3.63) is 12.7 Å². The largest absolute Gasteiger partial charge is 0.378 e. The van der Waals surface area contributed by atoms with Crippen LogP contribution in [0.4, 0.5) is 0 Å². The van der Waals surface area contributed by atoms with E-state index < -0.39 is 0 Å². The monoisotopic (exact) mass is 256 g/mol. The molecule has 60 valence electrons. The van der Waals surface area contributed by atoms with Crippen molar-refractivity contribution in [2.45, 2.75) is 0 Å². The van der Waals surface area contributed by atoms with Gasteiger partial charge in [-0.05, 0) is 0 Å². The average molecular weight is 256 g/mol. The van der Waals surface area contributed by atoms with Crippen LogP contribution < -0.4 is 0 Å². The highest BCUT2D eigenvalue weighted by Crippen LogP contribution is 1.83. The van der Waals surface area contributed by atoms with Gasteiger partial charge >= 0.3 is 0 Å². The third-order valence-electron chi connectivity index (χ3n) is 0.829. The van der Waals surface area contributed by atoms with E-state index in [4.69, 9.17) is 9.47 Å². The van der Waals surface area contributed by atoms with Crippen molar-refractivity contribution in [3.8, 4) is 0 Å². The lowest BCUT2D eigenvalue weighted by Crippen LogP contribution is -2.05. The number of alkyl halides is 1. The predicted octanol–water partition coefficient (Wildman–Crippen LogP) is 1.64. The first-order valence-electron chi connectivity index (χ1n) is 3.24. The zero-order valence-electron chi connectivity index (χ0n) is 6.01. The fourth-order valence-corrected chi connectivity index (χ4v) is 0.753. The van der Waals surface area contributed by atoms with Crippen molar-refractivity contribution >= 4 is 22.6 Å². The molecule has 0 amide bonds. The van der Waals surface area contributed by atoms with Crippen molar-refractivity contribution in [2.75, 3.05) is 30.9 Å². The number of hydrogen-bond donors (Lipinski definition) is 0. The van der Waals surface area contributed by atoms with Crippen molar-refractivity contribution in [1.82, 2.24) is 0 Å². The summed E-state index contributed by atoms with van der Waals surface area (Å²) < 4.78 is 11.3. The molecule has 0 rings (SSSR count). The van der Waals surface area contributed by atoms with Crippen molar-refractivity contribution in [2.24, 2.45) is 0 Å². The Hall–Kier alpha value is 0.390. The molecule has 0 radical (unpaired) electrons. The maximum atomic E-state index is 5.16. The highest BCUT2D eigenvalue weighted by Gasteiger charge is 1.85. The van der Waals surface area contributed by atoms with Gasteiger partial charge in [0.25, 0.3) is 0 Å². The summed E-state index contributed by atoms with van der Waals surface area (Å²) in [5, 5.41) is 0. The first-order chi connectivity index (χ1) is 4.91. The lowest BCUT2D eigenvalue weighted by atomic mass is 10.7. The fourth-order valence-electron chi connectivity index (χ4n) is 0.441. The van der Waals surface area contributed by atoms with Crippen molar-refractivity contribution in [3.63, 3.8) is 0 Å². The number of halogens is 1. The second-order valence-electron chi connectivity index (χ2n) is 1.66. The minimum Gasteiger partial charge on any atom is -0.378 e. The molecule has 0 fully saturated rings. The summed E-state index contributed by atoms with van der Waals surface area (Å²) in [4.78, 5) is 0. The highest BCUT2D eigenvalue weighted by atomic mass is 127. The normalized spacial score (nSPS) is 9.70. The van der Waals surface area contributed by atoms with E-state index in [0.29, 0.717) is 19.8 Å². The van der Waals surface area contributed by atoms with Gasteiger partial charge in [0, 0.05) is 4.43 Å².